The number of rotatable bonds is 7. The lowest BCUT2D eigenvalue weighted by molar-refractivity contribution is 0.240. The van der Waals surface area contributed by atoms with E-state index < -0.39 is 10.4 Å². The molecule has 0 rings (SSSR count). The first-order valence-corrected chi connectivity index (χ1v) is 7.79. The average molecular weight is 287 g/mol. The molecule has 0 heterocycles. The van der Waals surface area contributed by atoms with Gasteiger partial charge in [-0.15, -0.1) is 0 Å². The quantitative estimate of drug-likeness (QED) is 0.327. The van der Waals surface area contributed by atoms with Crippen LogP contribution < -0.4 is 5.32 Å². The van der Waals surface area contributed by atoms with Crippen LogP contribution in [0, 0.1) is 5.41 Å². The Kier molecular flexibility index (Phi) is 11.6. The average Bonchev–Trinajstić information content (AvgIpc) is 2.23. The van der Waals surface area contributed by atoms with Gasteiger partial charge >= 0.3 is 10.4 Å². The van der Waals surface area contributed by atoms with Gasteiger partial charge in [-0.3, -0.25) is 9.11 Å². The van der Waals surface area contributed by atoms with Crippen LogP contribution in [0.2, 0.25) is 0 Å². The van der Waals surface area contributed by atoms with E-state index in [1.807, 2.05) is 0 Å². The van der Waals surface area contributed by atoms with Gasteiger partial charge in [0, 0.05) is 18.8 Å². The van der Waals surface area contributed by atoms with Crippen molar-refractivity contribution in [3.05, 3.63) is 0 Å². The van der Waals surface area contributed by atoms with Crippen molar-refractivity contribution in [1.82, 2.24) is 5.32 Å². The molecule has 0 aliphatic heterocycles. The summed E-state index contributed by atoms with van der Waals surface area (Å²) in [5, 5.41) is 3.45. The van der Waals surface area contributed by atoms with E-state index in [9.17, 15) is 0 Å². The van der Waals surface area contributed by atoms with Crippen LogP contribution in [0.3, 0.4) is 0 Å². The smallest absolute Gasteiger partial charge is 0.315 e. The third-order valence-corrected chi connectivity index (χ3v) is 3.26. The number of thiol groups is 1. The Balaban J connectivity index is 0. The molecule has 106 valence electrons. The van der Waals surface area contributed by atoms with Crippen molar-refractivity contribution in [3.8, 4) is 0 Å². The Hall–Kier alpha value is 0.180. The molecule has 3 N–H and O–H groups in total. The third kappa shape index (κ3) is 14.1. The van der Waals surface area contributed by atoms with Crippen molar-refractivity contribution in [1.29, 1.82) is 0 Å². The summed E-state index contributed by atoms with van der Waals surface area (Å²) < 4.78 is 31.6. The van der Waals surface area contributed by atoms with E-state index in [4.69, 9.17) is 17.5 Å². The lowest BCUT2D eigenvalue weighted by Gasteiger charge is -2.30. The largest absolute Gasteiger partial charge is 0.394 e. The van der Waals surface area contributed by atoms with Crippen molar-refractivity contribution < 1.29 is 17.5 Å². The fraction of sp³-hybridized carbons (Fsp3) is 1.00. The molecule has 0 aliphatic carbocycles. The van der Waals surface area contributed by atoms with Crippen molar-refractivity contribution in [2.24, 2.45) is 5.41 Å². The molecule has 0 amide bonds. The highest BCUT2D eigenvalue weighted by Gasteiger charge is 2.22. The molecule has 0 saturated carbocycles. The third-order valence-electron chi connectivity index (χ3n) is 3.04. The van der Waals surface area contributed by atoms with Gasteiger partial charge < -0.3 is 5.32 Å². The lowest BCUT2D eigenvalue weighted by Crippen LogP contribution is -2.33. The van der Waals surface area contributed by atoms with Gasteiger partial charge in [0.25, 0.3) is 0 Å². The van der Waals surface area contributed by atoms with Crippen LogP contribution in [0.15, 0.2) is 0 Å². The van der Waals surface area contributed by atoms with Gasteiger partial charge in [0.15, 0.2) is 0 Å². The zero-order valence-electron chi connectivity index (χ0n) is 10.8. The zero-order valence-corrected chi connectivity index (χ0v) is 12.5. The van der Waals surface area contributed by atoms with Crippen LogP contribution >= 0.6 is 12.6 Å². The molecule has 0 saturated heterocycles. The van der Waals surface area contributed by atoms with Gasteiger partial charge in [0.1, 0.15) is 0 Å². The van der Waals surface area contributed by atoms with E-state index in [1.165, 1.54) is 19.3 Å². The summed E-state index contributed by atoms with van der Waals surface area (Å²) in [6.07, 6.45) is 3.83. The van der Waals surface area contributed by atoms with Gasteiger partial charge in [-0.25, -0.2) is 0 Å². The highest BCUT2D eigenvalue weighted by molar-refractivity contribution is 7.80. The molecule has 0 aliphatic rings. The van der Waals surface area contributed by atoms with Gasteiger partial charge in [0.2, 0.25) is 0 Å². The number of nitrogens with one attached hydrogen (secondary N) is 1. The van der Waals surface area contributed by atoms with E-state index in [2.05, 4.69) is 38.7 Å². The monoisotopic (exact) mass is 287 g/mol. The minimum Gasteiger partial charge on any atom is -0.315 e. The molecule has 0 fully saturated rings. The second-order valence-electron chi connectivity index (χ2n) is 3.91. The molecule has 0 aromatic carbocycles. The molecule has 0 aromatic rings. The standard InChI is InChI=1S/C10H23NS.H2O4S/c1-4-10(5-2,6-3)9-11-7-8-12;1-5(2,3)4/h11-12H,4-9H2,1-3H3;(H2,1,2,3,4). The van der Waals surface area contributed by atoms with Gasteiger partial charge in [-0.05, 0) is 24.7 Å². The van der Waals surface area contributed by atoms with Crippen LogP contribution in [0.1, 0.15) is 40.0 Å². The van der Waals surface area contributed by atoms with Crippen molar-refractivity contribution in [2.75, 3.05) is 18.8 Å². The van der Waals surface area contributed by atoms with E-state index in [1.54, 1.807) is 0 Å². The van der Waals surface area contributed by atoms with Crippen molar-refractivity contribution in [2.45, 2.75) is 40.0 Å². The topological polar surface area (TPSA) is 86.6 Å². The highest BCUT2D eigenvalue weighted by Crippen LogP contribution is 2.28. The fourth-order valence-corrected chi connectivity index (χ4v) is 1.72. The first-order chi connectivity index (χ1) is 7.74. The van der Waals surface area contributed by atoms with Crippen LogP contribution in [0.4, 0.5) is 0 Å². The number of hydrogen-bond acceptors (Lipinski definition) is 4. The minimum absolute atomic E-state index is 0.531. The van der Waals surface area contributed by atoms with E-state index in [0.717, 1.165) is 18.8 Å². The van der Waals surface area contributed by atoms with Crippen LogP contribution in [-0.2, 0) is 10.4 Å². The van der Waals surface area contributed by atoms with Crippen LogP contribution in [-0.4, -0.2) is 36.4 Å². The van der Waals surface area contributed by atoms with E-state index in [-0.39, 0.29) is 0 Å². The Morgan fingerprint density at radius 1 is 1.12 bits per heavy atom. The zero-order chi connectivity index (χ0) is 13.9. The first kappa shape index (κ1) is 19.5. The fourth-order valence-electron chi connectivity index (χ4n) is 1.56. The summed E-state index contributed by atoms with van der Waals surface area (Å²) in [6.45, 7) is 9.04. The molecular formula is C10H25NO4S2. The Labute approximate surface area is 110 Å². The Morgan fingerprint density at radius 2 is 1.47 bits per heavy atom. The summed E-state index contributed by atoms with van der Waals surface area (Å²) in [6, 6.07) is 0. The summed E-state index contributed by atoms with van der Waals surface area (Å²) in [4.78, 5) is 0. The molecule has 0 bridgehead atoms. The van der Waals surface area contributed by atoms with E-state index in [0.29, 0.717) is 5.41 Å². The maximum absolute atomic E-state index is 8.74. The van der Waals surface area contributed by atoms with Gasteiger partial charge in [-0.2, -0.15) is 21.0 Å². The SMILES string of the molecule is CCC(CC)(CC)CNCCS.O=S(=O)(O)O. The minimum atomic E-state index is -4.67. The molecule has 0 atom stereocenters. The van der Waals surface area contributed by atoms with Crippen molar-refractivity contribution >= 4 is 23.0 Å². The Bertz CT molecular complexity index is 247. The molecular weight excluding hydrogens is 262 g/mol. The maximum Gasteiger partial charge on any atom is 0.394 e. The predicted molar refractivity (Wildman–Crippen MR) is 74.2 cm³/mol. The van der Waals surface area contributed by atoms with Crippen LogP contribution in [0.5, 0.6) is 0 Å². The van der Waals surface area contributed by atoms with Gasteiger partial charge in [-0.1, -0.05) is 20.8 Å². The second kappa shape index (κ2) is 10.1. The summed E-state index contributed by atoms with van der Waals surface area (Å²) >= 11 is 4.18. The predicted octanol–water partition coefficient (Wildman–Crippen LogP) is 2.07. The normalized spacial score (nSPS) is 11.9. The Morgan fingerprint density at radius 3 is 1.71 bits per heavy atom. The summed E-state index contributed by atoms with van der Waals surface area (Å²) in [5.74, 6) is 0.938. The first-order valence-electron chi connectivity index (χ1n) is 5.76. The molecule has 0 spiro atoms. The maximum atomic E-state index is 8.74. The molecule has 5 nitrogen and oxygen atoms in total. The second-order valence-corrected chi connectivity index (χ2v) is 5.25. The highest BCUT2D eigenvalue weighted by atomic mass is 32.3. The lowest BCUT2D eigenvalue weighted by atomic mass is 9.80. The molecule has 7 heteroatoms. The van der Waals surface area contributed by atoms with E-state index >= 15 is 0 Å². The van der Waals surface area contributed by atoms with Gasteiger partial charge in [0.05, 0.1) is 0 Å². The van der Waals surface area contributed by atoms with Crippen molar-refractivity contribution in [3.63, 3.8) is 0 Å². The molecule has 0 aromatic heterocycles. The molecule has 0 unspecified atom stereocenters. The molecule has 17 heavy (non-hydrogen) atoms. The molecule has 0 radical (unpaired) electrons. The number of hydrogen-bond donors (Lipinski definition) is 4. The van der Waals surface area contributed by atoms with Crippen LogP contribution in [0.25, 0.3) is 0 Å². The summed E-state index contributed by atoms with van der Waals surface area (Å²) in [5.41, 5.74) is 0.531. The summed E-state index contributed by atoms with van der Waals surface area (Å²) in [7, 11) is -4.67.